The first-order valence-electron chi connectivity index (χ1n) is 3.04. The number of rotatable bonds is 1. The van der Waals surface area contributed by atoms with Crippen LogP contribution in [0, 0.1) is 0 Å². The molecule has 0 saturated heterocycles. The molecule has 0 aliphatic carbocycles. The SMILES string of the molecule is CN(C)C(=O)c1oncc1N. The molecule has 5 heteroatoms. The summed E-state index contributed by atoms with van der Waals surface area (Å²) in [6.07, 6.45) is 1.30. The smallest absolute Gasteiger partial charge is 0.294 e. The van der Waals surface area contributed by atoms with Crippen LogP contribution < -0.4 is 5.73 Å². The largest absolute Gasteiger partial charge is 0.394 e. The van der Waals surface area contributed by atoms with Crippen molar-refractivity contribution in [2.24, 2.45) is 0 Å². The minimum absolute atomic E-state index is 0.0926. The predicted molar refractivity (Wildman–Crippen MR) is 38.9 cm³/mol. The van der Waals surface area contributed by atoms with E-state index in [4.69, 9.17) is 5.73 Å². The average Bonchev–Trinajstić information content (AvgIpc) is 2.33. The van der Waals surface area contributed by atoms with Gasteiger partial charge in [0.05, 0.1) is 6.20 Å². The number of nitrogens with zero attached hydrogens (tertiary/aromatic N) is 2. The molecule has 0 aliphatic rings. The highest BCUT2D eigenvalue weighted by Gasteiger charge is 2.15. The Morgan fingerprint density at radius 3 is 2.73 bits per heavy atom. The summed E-state index contributed by atoms with van der Waals surface area (Å²) in [6, 6.07) is 0. The number of hydrogen-bond donors (Lipinski definition) is 1. The molecule has 0 fully saturated rings. The maximum atomic E-state index is 11.1. The Bertz CT molecular complexity index is 267. The third kappa shape index (κ3) is 1.31. The zero-order chi connectivity index (χ0) is 8.43. The Balaban J connectivity index is 2.93. The van der Waals surface area contributed by atoms with Gasteiger partial charge < -0.3 is 15.2 Å². The molecule has 2 N–H and O–H groups in total. The van der Waals surface area contributed by atoms with Gasteiger partial charge in [0.1, 0.15) is 5.69 Å². The van der Waals surface area contributed by atoms with Crippen molar-refractivity contribution in [3.8, 4) is 0 Å². The normalized spacial score (nSPS) is 9.64. The molecular weight excluding hydrogens is 146 g/mol. The Kier molecular flexibility index (Phi) is 1.80. The number of carbonyl (C=O) groups is 1. The lowest BCUT2D eigenvalue weighted by atomic mass is 10.3. The van der Waals surface area contributed by atoms with Crippen LogP contribution >= 0.6 is 0 Å². The molecule has 0 radical (unpaired) electrons. The van der Waals surface area contributed by atoms with E-state index in [1.165, 1.54) is 11.1 Å². The van der Waals surface area contributed by atoms with Crippen molar-refractivity contribution in [3.63, 3.8) is 0 Å². The van der Waals surface area contributed by atoms with Crippen LogP contribution in [0.4, 0.5) is 5.69 Å². The summed E-state index contributed by atoms with van der Waals surface area (Å²) in [4.78, 5) is 12.5. The first kappa shape index (κ1) is 7.59. The second-order valence-electron chi connectivity index (χ2n) is 2.31. The summed E-state index contributed by atoms with van der Waals surface area (Å²) in [7, 11) is 3.23. The molecule has 1 aromatic heterocycles. The van der Waals surface area contributed by atoms with Crippen LogP contribution in [0.2, 0.25) is 0 Å². The van der Waals surface area contributed by atoms with Gasteiger partial charge in [-0.05, 0) is 0 Å². The van der Waals surface area contributed by atoms with E-state index in [2.05, 4.69) is 9.68 Å². The number of nitrogens with two attached hydrogens (primary N) is 1. The third-order valence-electron chi connectivity index (χ3n) is 1.20. The van der Waals surface area contributed by atoms with Gasteiger partial charge in [-0.3, -0.25) is 4.79 Å². The van der Waals surface area contributed by atoms with Gasteiger partial charge in [-0.2, -0.15) is 0 Å². The standard InChI is InChI=1S/C6H9N3O2/c1-9(2)6(10)5-4(7)3-8-11-5/h3H,7H2,1-2H3. The fraction of sp³-hybridized carbons (Fsp3) is 0.333. The Morgan fingerprint density at radius 1 is 1.73 bits per heavy atom. The fourth-order valence-corrected chi connectivity index (χ4v) is 0.613. The van der Waals surface area contributed by atoms with Crippen molar-refractivity contribution in [3.05, 3.63) is 12.0 Å². The molecule has 0 bridgehead atoms. The molecule has 1 heterocycles. The van der Waals surface area contributed by atoms with E-state index < -0.39 is 0 Å². The van der Waals surface area contributed by atoms with Crippen LogP contribution in [-0.4, -0.2) is 30.1 Å². The second kappa shape index (κ2) is 2.61. The number of amides is 1. The van der Waals surface area contributed by atoms with Crippen LogP contribution in [0.15, 0.2) is 10.7 Å². The number of aromatic nitrogens is 1. The summed E-state index contributed by atoms with van der Waals surface area (Å²) < 4.78 is 4.62. The van der Waals surface area contributed by atoms with Gasteiger partial charge in [0, 0.05) is 14.1 Å². The van der Waals surface area contributed by atoms with E-state index in [-0.39, 0.29) is 17.4 Å². The molecule has 0 aromatic carbocycles. The minimum atomic E-state index is -0.278. The first-order chi connectivity index (χ1) is 5.13. The molecule has 0 aliphatic heterocycles. The quantitative estimate of drug-likeness (QED) is 0.617. The van der Waals surface area contributed by atoms with E-state index in [1.807, 2.05) is 0 Å². The van der Waals surface area contributed by atoms with E-state index in [1.54, 1.807) is 14.1 Å². The van der Waals surface area contributed by atoms with Crippen LogP contribution in [-0.2, 0) is 0 Å². The molecular formula is C6H9N3O2. The molecule has 0 spiro atoms. The van der Waals surface area contributed by atoms with Crippen molar-refractivity contribution in [2.75, 3.05) is 19.8 Å². The van der Waals surface area contributed by atoms with Crippen LogP contribution in [0.25, 0.3) is 0 Å². The number of anilines is 1. The number of hydrogen-bond acceptors (Lipinski definition) is 4. The third-order valence-corrected chi connectivity index (χ3v) is 1.20. The molecule has 1 amide bonds. The fourth-order valence-electron chi connectivity index (χ4n) is 0.613. The molecule has 60 valence electrons. The lowest BCUT2D eigenvalue weighted by molar-refractivity contribution is 0.0788. The highest BCUT2D eigenvalue weighted by atomic mass is 16.5. The first-order valence-corrected chi connectivity index (χ1v) is 3.04. The molecule has 0 atom stereocenters. The van der Waals surface area contributed by atoms with Gasteiger partial charge in [0.25, 0.3) is 5.91 Å². The van der Waals surface area contributed by atoms with Gasteiger partial charge in [-0.25, -0.2) is 0 Å². The topological polar surface area (TPSA) is 72.4 Å². The summed E-state index contributed by atoms with van der Waals surface area (Å²) >= 11 is 0. The monoisotopic (exact) mass is 155 g/mol. The van der Waals surface area contributed by atoms with Crippen LogP contribution in [0.5, 0.6) is 0 Å². The average molecular weight is 155 g/mol. The highest BCUT2D eigenvalue weighted by molar-refractivity contribution is 5.95. The lowest BCUT2D eigenvalue weighted by Crippen LogP contribution is -2.21. The van der Waals surface area contributed by atoms with Crippen molar-refractivity contribution < 1.29 is 9.32 Å². The Labute approximate surface area is 63.8 Å². The Morgan fingerprint density at radius 2 is 2.36 bits per heavy atom. The second-order valence-corrected chi connectivity index (χ2v) is 2.31. The van der Waals surface area contributed by atoms with Crippen molar-refractivity contribution in [1.82, 2.24) is 10.1 Å². The van der Waals surface area contributed by atoms with E-state index >= 15 is 0 Å². The summed E-state index contributed by atoms with van der Waals surface area (Å²) in [6.45, 7) is 0. The minimum Gasteiger partial charge on any atom is -0.394 e. The van der Waals surface area contributed by atoms with Crippen molar-refractivity contribution >= 4 is 11.6 Å². The summed E-state index contributed by atoms with van der Waals surface area (Å²) in [5.41, 5.74) is 5.64. The summed E-state index contributed by atoms with van der Waals surface area (Å²) in [5.74, 6) is -0.185. The molecule has 5 nitrogen and oxygen atoms in total. The molecule has 11 heavy (non-hydrogen) atoms. The Hall–Kier alpha value is -1.52. The highest BCUT2D eigenvalue weighted by Crippen LogP contribution is 2.10. The summed E-state index contributed by atoms with van der Waals surface area (Å²) in [5, 5.41) is 3.38. The van der Waals surface area contributed by atoms with E-state index in [9.17, 15) is 4.79 Å². The van der Waals surface area contributed by atoms with Crippen molar-refractivity contribution in [2.45, 2.75) is 0 Å². The molecule has 0 unspecified atom stereocenters. The maximum Gasteiger partial charge on any atom is 0.294 e. The van der Waals surface area contributed by atoms with Crippen LogP contribution in [0.1, 0.15) is 10.6 Å². The van der Waals surface area contributed by atoms with E-state index in [0.717, 1.165) is 0 Å². The van der Waals surface area contributed by atoms with Crippen LogP contribution in [0.3, 0.4) is 0 Å². The molecule has 0 saturated carbocycles. The maximum absolute atomic E-state index is 11.1. The molecule has 1 aromatic rings. The number of nitrogen functional groups attached to an aromatic ring is 1. The van der Waals surface area contributed by atoms with Crippen molar-refractivity contribution in [1.29, 1.82) is 0 Å². The van der Waals surface area contributed by atoms with Gasteiger partial charge in [0.15, 0.2) is 0 Å². The zero-order valence-corrected chi connectivity index (χ0v) is 6.37. The predicted octanol–water partition coefficient (Wildman–Crippen LogP) is -0.0414. The van der Waals surface area contributed by atoms with Gasteiger partial charge in [0.2, 0.25) is 5.76 Å². The lowest BCUT2D eigenvalue weighted by Gasteiger charge is -2.06. The van der Waals surface area contributed by atoms with E-state index in [0.29, 0.717) is 0 Å². The molecule has 1 rings (SSSR count). The van der Waals surface area contributed by atoms with Gasteiger partial charge in [-0.15, -0.1) is 0 Å². The zero-order valence-electron chi connectivity index (χ0n) is 6.37. The number of carbonyl (C=O) groups excluding carboxylic acids is 1. The van der Waals surface area contributed by atoms with Gasteiger partial charge in [-0.1, -0.05) is 5.16 Å². The van der Waals surface area contributed by atoms with Gasteiger partial charge >= 0.3 is 0 Å².